The van der Waals surface area contributed by atoms with Gasteiger partial charge in [-0.2, -0.15) is 0 Å². The summed E-state index contributed by atoms with van der Waals surface area (Å²) in [7, 11) is 0. The van der Waals surface area contributed by atoms with E-state index in [9.17, 15) is 0 Å². The summed E-state index contributed by atoms with van der Waals surface area (Å²) in [5.74, 6) is 1.15. The summed E-state index contributed by atoms with van der Waals surface area (Å²) in [5.41, 5.74) is 6.37. The van der Waals surface area contributed by atoms with Crippen LogP contribution >= 0.6 is 22.7 Å². The molecule has 4 nitrogen and oxygen atoms in total. The van der Waals surface area contributed by atoms with Crippen LogP contribution in [0.5, 0.6) is 0 Å². The zero-order chi connectivity index (χ0) is 62.9. The highest BCUT2D eigenvalue weighted by Gasteiger charge is 2.39. The lowest BCUT2D eigenvalue weighted by Gasteiger charge is -2.27. The number of fused-ring (bicyclic) bond motifs is 4. The molecule has 2 atom stereocenters. The first-order valence-electron chi connectivity index (χ1n) is 37.6. The van der Waals surface area contributed by atoms with Crippen molar-refractivity contribution in [3.63, 3.8) is 0 Å². The highest BCUT2D eigenvalue weighted by atomic mass is 32.1. The number of nitrogens with zero attached hydrogens (tertiary/aromatic N) is 2. The van der Waals surface area contributed by atoms with Crippen LogP contribution in [0.25, 0.3) is 32.4 Å². The second-order valence-electron chi connectivity index (χ2n) is 30.0. The molecule has 3 aromatic carbocycles. The van der Waals surface area contributed by atoms with E-state index in [1.54, 1.807) is 11.3 Å². The molecule has 5 heterocycles. The van der Waals surface area contributed by atoms with Gasteiger partial charge in [-0.1, -0.05) is 317 Å². The van der Waals surface area contributed by atoms with Crippen molar-refractivity contribution in [1.82, 2.24) is 0 Å². The van der Waals surface area contributed by atoms with Crippen molar-refractivity contribution in [1.29, 1.82) is 0 Å². The number of rotatable bonds is 35. The van der Waals surface area contributed by atoms with Crippen LogP contribution in [0.2, 0.25) is 0 Å². The Balaban J connectivity index is 1.18. The molecule has 8 rings (SSSR count). The highest BCUT2D eigenvalue weighted by Crippen LogP contribution is 2.42. The molecule has 2 aromatic heterocycles. The van der Waals surface area contributed by atoms with Gasteiger partial charge in [-0.05, 0) is 119 Å². The minimum atomic E-state index is 0.0268. The van der Waals surface area contributed by atoms with Gasteiger partial charge in [0, 0.05) is 43.0 Å². The van der Waals surface area contributed by atoms with E-state index in [0.717, 1.165) is 87.9 Å². The first-order valence-corrected chi connectivity index (χ1v) is 39.3. The lowest BCUT2D eigenvalue weighted by Crippen LogP contribution is -2.35. The van der Waals surface area contributed by atoms with Gasteiger partial charge < -0.3 is 9.80 Å². The Hall–Kier alpha value is -4.00. The maximum absolute atomic E-state index is 16.0. The molecule has 5 aromatic rings. The standard InChI is InChI=1S/C83H124N2O2S2/c1-9-12-15-18-21-24-26-31-36-41-46-64-47-43-38-33-28-29-34-39-44-57-83(7,8)77-56-55-76(89-77)79-71-61-72-70(78(80(86)84(72)62-64)75-54-53-74(88-75)68-50-49-67-59-69(82(4,5)6)52-51-66(67)58-68)60-73(71)85(81(79)87)63-65(45-40-35-30-23-20-17-14-11-3)48-42-37-32-27-25-22-19-16-13-10-2/h49-56,58-61,64-65H,9-48,57,62-63H2,1-8H3. The van der Waals surface area contributed by atoms with Crippen LogP contribution in [0.15, 0.2) is 72.8 Å². The summed E-state index contributed by atoms with van der Waals surface area (Å²) >= 11 is 3.62. The second kappa shape index (κ2) is 37.0. The molecule has 89 heavy (non-hydrogen) atoms. The van der Waals surface area contributed by atoms with Crippen molar-refractivity contribution >= 4 is 67.8 Å². The third-order valence-corrected chi connectivity index (χ3v) is 23.6. The lowest BCUT2D eigenvalue weighted by molar-refractivity contribution is -0.114. The molecule has 0 aliphatic carbocycles. The van der Waals surface area contributed by atoms with E-state index in [4.69, 9.17) is 0 Å². The van der Waals surface area contributed by atoms with Crippen LogP contribution < -0.4 is 20.2 Å². The van der Waals surface area contributed by atoms with Crippen molar-refractivity contribution in [3.05, 3.63) is 103 Å². The van der Waals surface area contributed by atoms with Gasteiger partial charge >= 0.3 is 0 Å². The predicted molar refractivity (Wildman–Crippen MR) is 392 cm³/mol. The maximum Gasteiger partial charge on any atom is 0.260 e. The number of amides is 2. The van der Waals surface area contributed by atoms with E-state index in [2.05, 4.69) is 138 Å². The zero-order valence-corrected chi connectivity index (χ0v) is 59.6. The van der Waals surface area contributed by atoms with Gasteiger partial charge in [-0.25, -0.2) is 0 Å². The van der Waals surface area contributed by atoms with E-state index in [1.165, 1.54) is 263 Å². The zero-order valence-electron chi connectivity index (χ0n) is 58.0. The molecule has 0 saturated carbocycles. The third kappa shape index (κ3) is 21.0. The molecule has 3 aliphatic heterocycles. The Bertz CT molecular complexity index is 3060. The van der Waals surface area contributed by atoms with Crippen LogP contribution in [0.4, 0.5) is 11.4 Å². The van der Waals surface area contributed by atoms with Gasteiger partial charge in [0.25, 0.3) is 11.8 Å². The van der Waals surface area contributed by atoms with E-state index in [0.29, 0.717) is 11.8 Å². The van der Waals surface area contributed by atoms with Crippen LogP contribution in [0.1, 0.15) is 339 Å². The van der Waals surface area contributed by atoms with E-state index >= 15 is 9.59 Å². The summed E-state index contributed by atoms with van der Waals surface area (Å²) in [6, 6.07) is 27.7. The molecule has 4 bridgehead atoms. The molecule has 0 fully saturated rings. The summed E-state index contributed by atoms with van der Waals surface area (Å²) in [6.07, 6.45) is 53.4. The van der Waals surface area contributed by atoms with E-state index in [1.807, 2.05) is 11.3 Å². The van der Waals surface area contributed by atoms with Crippen LogP contribution in [0, 0.1) is 11.8 Å². The molecular formula is C83H124N2O2S2. The Labute approximate surface area is 552 Å². The van der Waals surface area contributed by atoms with Gasteiger partial charge in [-0.3, -0.25) is 9.59 Å². The van der Waals surface area contributed by atoms with Gasteiger partial charge in [0.05, 0.1) is 22.5 Å². The number of benzene rings is 3. The van der Waals surface area contributed by atoms with E-state index < -0.39 is 0 Å². The van der Waals surface area contributed by atoms with Crippen LogP contribution in [-0.4, -0.2) is 24.9 Å². The fourth-order valence-corrected chi connectivity index (χ4v) is 17.3. The van der Waals surface area contributed by atoms with Crippen molar-refractivity contribution in [2.45, 2.75) is 329 Å². The number of carbonyl (C=O) groups is 2. The average molecular weight is 1250 g/mol. The second-order valence-corrected chi connectivity index (χ2v) is 32.2. The smallest absolute Gasteiger partial charge is 0.260 e. The molecule has 490 valence electrons. The SMILES string of the molecule is CCCCCCCCCCCCC1CCCCCCCCCCC(C)(C)c2ccc(s2)C2=c3cc4c(cc3N(CC(CCCCCCCCCC)CCCCCCCCCCCC)C2=O)=C(c2ccc(-c3ccc5cc(C(C)(C)C)ccc5c3)s2)C(=O)N4C1. The number of hydrogen-bond donors (Lipinski definition) is 0. The molecule has 0 N–H and O–H groups in total. The Morgan fingerprint density at radius 1 is 0.483 bits per heavy atom. The molecule has 0 radical (unpaired) electrons. The Morgan fingerprint density at radius 2 is 0.955 bits per heavy atom. The quantitative estimate of drug-likeness (QED) is 0.0379. The predicted octanol–water partition coefficient (Wildman–Crippen LogP) is 24.6. The highest BCUT2D eigenvalue weighted by molar-refractivity contribution is 7.17. The van der Waals surface area contributed by atoms with Gasteiger partial charge in [-0.15, -0.1) is 22.7 Å². The van der Waals surface area contributed by atoms with Crippen molar-refractivity contribution in [2.75, 3.05) is 22.9 Å². The normalized spacial score (nSPS) is 17.1. The minimum Gasteiger partial charge on any atom is -0.307 e. The molecule has 2 unspecified atom stereocenters. The number of unbranched alkanes of at least 4 members (excludes halogenated alkanes) is 25. The average Bonchev–Trinajstić information content (AvgIpc) is 1.60. The molecule has 2 amide bonds. The number of carbonyl (C=O) groups excluding carboxylic acids is 2. The van der Waals surface area contributed by atoms with E-state index in [-0.39, 0.29) is 22.6 Å². The Kier molecular flexibility index (Phi) is 29.5. The van der Waals surface area contributed by atoms with Crippen molar-refractivity contribution in [2.24, 2.45) is 11.8 Å². The monoisotopic (exact) mass is 1240 g/mol. The van der Waals surface area contributed by atoms with Gasteiger partial charge in [0.15, 0.2) is 0 Å². The van der Waals surface area contributed by atoms with Crippen LogP contribution in [0.3, 0.4) is 0 Å². The number of hydrogen-bond acceptors (Lipinski definition) is 4. The van der Waals surface area contributed by atoms with Crippen molar-refractivity contribution in [3.8, 4) is 10.4 Å². The number of thiophene rings is 2. The van der Waals surface area contributed by atoms with Gasteiger partial charge in [0.2, 0.25) is 0 Å². The molecule has 3 aliphatic rings. The first-order chi connectivity index (χ1) is 43.3. The third-order valence-electron chi connectivity index (χ3n) is 21.0. The Morgan fingerprint density at radius 3 is 1.55 bits per heavy atom. The first kappa shape index (κ1) is 70.9. The fraction of sp³-hybridized carbons (Fsp3) is 0.663. The van der Waals surface area contributed by atoms with Gasteiger partial charge in [0.1, 0.15) is 0 Å². The molecule has 6 heteroatoms. The minimum absolute atomic E-state index is 0.0268. The fourth-order valence-electron chi connectivity index (χ4n) is 15.1. The molecule has 0 spiro atoms. The maximum atomic E-state index is 16.0. The number of anilines is 2. The molecular weight excluding hydrogens is 1120 g/mol. The summed E-state index contributed by atoms with van der Waals surface area (Å²) < 4.78 is 0. The van der Waals surface area contributed by atoms with Crippen molar-refractivity contribution < 1.29 is 9.59 Å². The molecule has 0 saturated heterocycles. The largest absolute Gasteiger partial charge is 0.307 e. The summed E-state index contributed by atoms with van der Waals surface area (Å²) in [5, 5.41) is 4.57. The van der Waals surface area contributed by atoms with Crippen LogP contribution in [-0.2, 0) is 20.4 Å². The lowest BCUT2D eigenvalue weighted by atomic mass is 9.85. The topological polar surface area (TPSA) is 40.6 Å². The summed E-state index contributed by atoms with van der Waals surface area (Å²) in [6.45, 7) is 20.1. The summed E-state index contributed by atoms with van der Waals surface area (Å²) in [4.78, 5) is 41.1.